The molecule has 4 N–H and O–H groups in total. The van der Waals surface area contributed by atoms with Crippen LogP contribution in [-0.4, -0.2) is 33.6 Å². The molecule has 0 unspecified atom stereocenters. The zero-order valence-electron chi connectivity index (χ0n) is 11.9. The first-order valence-corrected chi connectivity index (χ1v) is 7.48. The highest BCUT2D eigenvalue weighted by atomic mass is 32.1. The largest absolute Gasteiger partial charge is 0.394 e. The second-order valence-electron chi connectivity index (χ2n) is 4.94. The smallest absolute Gasteiger partial charge is 0.244 e. The van der Waals surface area contributed by atoms with Gasteiger partial charge in [0, 0.05) is 22.8 Å². The van der Waals surface area contributed by atoms with Crippen molar-refractivity contribution in [2.24, 2.45) is 5.73 Å². The van der Waals surface area contributed by atoms with Gasteiger partial charge in [0.05, 0.1) is 6.61 Å². The van der Waals surface area contributed by atoms with Gasteiger partial charge in [-0.3, -0.25) is 9.78 Å². The van der Waals surface area contributed by atoms with Crippen molar-refractivity contribution in [1.82, 2.24) is 9.97 Å². The van der Waals surface area contributed by atoms with Gasteiger partial charge in [0.2, 0.25) is 5.91 Å². The van der Waals surface area contributed by atoms with Crippen LogP contribution < -0.4 is 11.1 Å². The van der Waals surface area contributed by atoms with E-state index in [0.29, 0.717) is 11.7 Å². The quantitative estimate of drug-likeness (QED) is 0.778. The van der Waals surface area contributed by atoms with Crippen molar-refractivity contribution in [3.8, 4) is 10.6 Å². The van der Waals surface area contributed by atoms with E-state index in [0.717, 1.165) is 16.3 Å². The van der Waals surface area contributed by atoms with E-state index in [9.17, 15) is 4.79 Å². The highest BCUT2D eigenvalue weighted by molar-refractivity contribution is 7.13. The van der Waals surface area contributed by atoms with Crippen LogP contribution in [0.3, 0.4) is 0 Å². The van der Waals surface area contributed by atoms with Gasteiger partial charge in [-0.05, 0) is 18.1 Å². The first kappa shape index (κ1) is 15.6. The number of amides is 1. The minimum absolute atomic E-state index is 0.380. The van der Waals surface area contributed by atoms with Gasteiger partial charge in [-0.15, -0.1) is 11.3 Å². The van der Waals surface area contributed by atoms with Crippen LogP contribution in [0.5, 0.6) is 0 Å². The Balaban J connectivity index is 2.10. The van der Waals surface area contributed by atoms with Gasteiger partial charge in [-0.25, -0.2) is 4.98 Å². The standard InChI is InChI=1S/C14H18N4O2S/c1-8(2)11-4-3-9(5-16-11)14-18-12(7-21-14)17-13(20)10(15)6-19/h3-5,7-8,10,19H,6,15H2,1-2H3,(H,17,20)/t10-/m0/s1. The molecule has 2 aromatic heterocycles. The number of carbonyl (C=O) groups is 1. The van der Waals surface area contributed by atoms with Crippen LogP contribution in [0.15, 0.2) is 23.7 Å². The zero-order chi connectivity index (χ0) is 15.4. The Kier molecular flexibility index (Phi) is 5.00. The van der Waals surface area contributed by atoms with Crippen LogP contribution in [0.2, 0.25) is 0 Å². The molecule has 6 nitrogen and oxygen atoms in total. The molecule has 0 aliphatic heterocycles. The number of thiazole rings is 1. The molecule has 7 heteroatoms. The number of aliphatic hydroxyl groups excluding tert-OH is 1. The van der Waals surface area contributed by atoms with Gasteiger partial charge in [-0.2, -0.15) is 0 Å². The van der Waals surface area contributed by atoms with Gasteiger partial charge in [0.25, 0.3) is 0 Å². The first-order chi connectivity index (χ1) is 10.0. The summed E-state index contributed by atoms with van der Waals surface area (Å²) in [5.74, 6) is 0.352. The van der Waals surface area contributed by atoms with Gasteiger partial charge < -0.3 is 16.2 Å². The molecular weight excluding hydrogens is 288 g/mol. The first-order valence-electron chi connectivity index (χ1n) is 6.60. The van der Waals surface area contributed by atoms with Gasteiger partial charge in [-0.1, -0.05) is 13.8 Å². The number of carbonyl (C=O) groups excluding carboxylic acids is 1. The summed E-state index contributed by atoms with van der Waals surface area (Å²) in [5.41, 5.74) is 7.36. The fourth-order valence-corrected chi connectivity index (χ4v) is 2.38. The number of nitrogens with two attached hydrogens (primary N) is 1. The van der Waals surface area contributed by atoms with Crippen LogP contribution in [0, 0.1) is 0 Å². The molecular formula is C14H18N4O2S. The van der Waals surface area contributed by atoms with Crippen LogP contribution in [0.1, 0.15) is 25.5 Å². The lowest BCUT2D eigenvalue weighted by Crippen LogP contribution is -2.38. The molecule has 1 atom stereocenters. The Hall–Kier alpha value is -1.83. The van der Waals surface area contributed by atoms with Crippen LogP contribution in [0.4, 0.5) is 5.82 Å². The second-order valence-corrected chi connectivity index (χ2v) is 5.80. The van der Waals surface area contributed by atoms with Gasteiger partial charge in [0.15, 0.2) is 0 Å². The van der Waals surface area contributed by atoms with Crippen molar-refractivity contribution in [3.05, 3.63) is 29.4 Å². The molecule has 0 saturated carbocycles. The number of rotatable bonds is 5. The predicted octanol–water partition coefficient (Wildman–Crippen LogP) is 1.59. The number of anilines is 1. The molecule has 0 radical (unpaired) electrons. The van der Waals surface area contributed by atoms with Crippen molar-refractivity contribution in [2.75, 3.05) is 11.9 Å². The fourth-order valence-electron chi connectivity index (χ4n) is 1.64. The Bertz CT molecular complexity index is 610. The Morgan fingerprint density at radius 1 is 1.48 bits per heavy atom. The molecule has 0 aliphatic rings. The summed E-state index contributed by atoms with van der Waals surface area (Å²) in [6, 6.07) is 3.00. The third-order valence-corrected chi connectivity index (χ3v) is 3.81. The summed E-state index contributed by atoms with van der Waals surface area (Å²) in [4.78, 5) is 20.3. The zero-order valence-corrected chi connectivity index (χ0v) is 12.7. The average molecular weight is 306 g/mol. The normalized spacial score (nSPS) is 12.4. The van der Waals surface area contributed by atoms with Crippen molar-refractivity contribution in [1.29, 1.82) is 0 Å². The molecule has 112 valence electrons. The number of nitrogens with zero attached hydrogens (tertiary/aromatic N) is 2. The topological polar surface area (TPSA) is 101 Å². The molecule has 21 heavy (non-hydrogen) atoms. The predicted molar refractivity (Wildman–Crippen MR) is 83.1 cm³/mol. The molecule has 0 fully saturated rings. The van der Waals surface area contributed by atoms with E-state index in [1.807, 2.05) is 12.1 Å². The second kappa shape index (κ2) is 6.75. The lowest BCUT2D eigenvalue weighted by molar-refractivity contribution is -0.118. The Morgan fingerprint density at radius 2 is 2.24 bits per heavy atom. The van der Waals surface area contributed by atoms with E-state index in [1.165, 1.54) is 11.3 Å². The third-order valence-electron chi connectivity index (χ3n) is 2.91. The number of hydrogen-bond donors (Lipinski definition) is 3. The van der Waals surface area contributed by atoms with E-state index in [1.54, 1.807) is 11.6 Å². The van der Waals surface area contributed by atoms with Crippen LogP contribution >= 0.6 is 11.3 Å². The van der Waals surface area contributed by atoms with Crippen molar-refractivity contribution < 1.29 is 9.90 Å². The fraction of sp³-hybridized carbons (Fsp3) is 0.357. The van der Waals surface area contributed by atoms with Crippen LogP contribution in [0.25, 0.3) is 10.6 Å². The lowest BCUT2D eigenvalue weighted by Gasteiger charge is -2.06. The van der Waals surface area contributed by atoms with Crippen molar-refractivity contribution in [2.45, 2.75) is 25.8 Å². The molecule has 1 amide bonds. The van der Waals surface area contributed by atoms with E-state index in [-0.39, 0.29) is 0 Å². The lowest BCUT2D eigenvalue weighted by atomic mass is 10.1. The molecule has 0 spiro atoms. The summed E-state index contributed by atoms with van der Waals surface area (Å²) in [7, 11) is 0. The van der Waals surface area contributed by atoms with E-state index < -0.39 is 18.6 Å². The summed E-state index contributed by atoms with van der Waals surface area (Å²) in [5, 5.41) is 13.9. The average Bonchev–Trinajstić information content (AvgIpc) is 2.94. The van der Waals surface area contributed by atoms with E-state index >= 15 is 0 Å². The summed E-state index contributed by atoms with van der Waals surface area (Å²) < 4.78 is 0. The highest BCUT2D eigenvalue weighted by Gasteiger charge is 2.14. The van der Waals surface area contributed by atoms with Crippen molar-refractivity contribution in [3.63, 3.8) is 0 Å². The molecule has 0 bridgehead atoms. The maximum absolute atomic E-state index is 11.6. The summed E-state index contributed by atoms with van der Waals surface area (Å²) in [6.45, 7) is 3.77. The van der Waals surface area contributed by atoms with Crippen molar-refractivity contribution >= 4 is 23.1 Å². The molecule has 0 saturated heterocycles. The van der Waals surface area contributed by atoms with E-state index in [2.05, 4.69) is 29.1 Å². The van der Waals surface area contributed by atoms with Gasteiger partial charge >= 0.3 is 0 Å². The number of hydrogen-bond acceptors (Lipinski definition) is 6. The Labute approximate surface area is 127 Å². The Morgan fingerprint density at radius 3 is 2.81 bits per heavy atom. The number of nitrogens with one attached hydrogen (secondary N) is 1. The number of aliphatic hydroxyl groups is 1. The molecule has 0 aromatic carbocycles. The monoisotopic (exact) mass is 306 g/mol. The summed E-state index contributed by atoms with van der Waals surface area (Å²) in [6.07, 6.45) is 1.78. The molecule has 2 heterocycles. The maximum atomic E-state index is 11.6. The minimum Gasteiger partial charge on any atom is -0.394 e. The van der Waals surface area contributed by atoms with E-state index in [4.69, 9.17) is 10.8 Å². The molecule has 2 aromatic rings. The highest BCUT2D eigenvalue weighted by Crippen LogP contribution is 2.26. The molecule has 0 aliphatic carbocycles. The SMILES string of the molecule is CC(C)c1ccc(-c2nc(NC(=O)[C@@H](N)CO)cs2)cn1. The number of aromatic nitrogens is 2. The van der Waals surface area contributed by atoms with Crippen LogP contribution in [-0.2, 0) is 4.79 Å². The maximum Gasteiger partial charge on any atom is 0.244 e. The summed E-state index contributed by atoms with van der Waals surface area (Å²) >= 11 is 1.41. The van der Waals surface area contributed by atoms with Gasteiger partial charge in [0.1, 0.15) is 16.9 Å². The molecule has 2 rings (SSSR count). The third kappa shape index (κ3) is 3.84. The minimum atomic E-state index is -0.942. The number of pyridine rings is 1.